The number of benzene rings is 2. The van der Waals surface area contributed by atoms with Crippen LogP contribution in [0.15, 0.2) is 54.7 Å². The molecular weight excluding hydrogens is 407 g/mol. The molecule has 0 spiro atoms. The predicted octanol–water partition coefficient (Wildman–Crippen LogP) is 4.89. The van der Waals surface area contributed by atoms with Crippen LogP contribution in [0.4, 0.5) is 10.2 Å². The summed E-state index contributed by atoms with van der Waals surface area (Å²) in [7, 11) is 0. The summed E-state index contributed by atoms with van der Waals surface area (Å²) in [5.74, 6) is -0.903. The Hall–Kier alpha value is -3.12. The highest BCUT2D eigenvalue weighted by Gasteiger charge is 2.31. The molecule has 1 fully saturated rings. The van der Waals surface area contributed by atoms with E-state index >= 15 is 4.39 Å². The quantitative estimate of drug-likeness (QED) is 0.607. The van der Waals surface area contributed by atoms with Gasteiger partial charge < -0.3 is 15.1 Å². The second-order valence-corrected chi connectivity index (χ2v) is 7.77. The second kappa shape index (κ2) is 8.32. The first-order valence-electron chi connectivity index (χ1n) is 9.64. The highest BCUT2D eigenvalue weighted by molar-refractivity contribution is 6.30. The van der Waals surface area contributed by atoms with Crippen molar-refractivity contribution in [1.82, 2.24) is 4.98 Å². The van der Waals surface area contributed by atoms with Gasteiger partial charge in [0.25, 0.3) is 0 Å². The lowest BCUT2D eigenvalue weighted by atomic mass is 9.97. The Kier molecular flexibility index (Phi) is 5.59. The van der Waals surface area contributed by atoms with Crippen molar-refractivity contribution in [2.75, 3.05) is 11.4 Å². The molecule has 1 unspecified atom stereocenters. The van der Waals surface area contributed by atoms with Crippen LogP contribution in [0.25, 0.3) is 11.1 Å². The molecule has 5 nitrogen and oxygen atoms in total. The van der Waals surface area contributed by atoms with Crippen LogP contribution in [0.3, 0.4) is 0 Å². The number of carboxylic acids is 1. The van der Waals surface area contributed by atoms with E-state index in [1.165, 1.54) is 6.07 Å². The molecule has 154 valence electrons. The number of aliphatic carboxylic acids is 1. The lowest BCUT2D eigenvalue weighted by Crippen LogP contribution is -2.36. The minimum atomic E-state index is -0.849. The van der Waals surface area contributed by atoms with Gasteiger partial charge in [-0.3, -0.25) is 0 Å². The van der Waals surface area contributed by atoms with Gasteiger partial charge in [0.15, 0.2) is 0 Å². The fraction of sp³-hybridized carbons (Fsp3) is 0.217. The van der Waals surface area contributed by atoms with Crippen LogP contribution in [0.2, 0.25) is 5.02 Å². The molecule has 0 amide bonds. The summed E-state index contributed by atoms with van der Waals surface area (Å²) in [6, 6.07) is 12.7. The highest BCUT2D eigenvalue weighted by Crippen LogP contribution is 2.35. The van der Waals surface area contributed by atoms with Gasteiger partial charge >= 0.3 is 5.97 Å². The monoisotopic (exact) mass is 426 g/mol. The minimum absolute atomic E-state index is 0.112. The molecule has 3 aromatic rings. The van der Waals surface area contributed by atoms with E-state index in [1.54, 1.807) is 47.5 Å². The fourth-order valence-corrected chi connectivity index (χ4v) is 4.06. The number of anilines is 1. The van der Waals surface area contributed by atoms with Crippen molar-refractivity contribution in [3.63, 3.8) is 0 Å². The number of pyridine rings is 1. The van der Waals surface area contributed by atoms with Crippen LogP contribution >= 0.6 is 11.6 Å². The first-order valence-corrected chi connectivity index (χ1v) is 10.0. The van der Waals surface area contributed by atoms with Gasteiger partial charge in [-0.2, -0.15) is 0 Å². The predicted molar refractivity (Wildman–Crippen MR) is 114 cm³/mol. The Morgan fingerprint density at radius 2 is 2.07 bits per heavy atom. The van der Waals surface area contributed by atoms with Crippen LogP contribution in [-0.4, -0.2) is 33.8 Å². The number of nitrogens with zero attached hydrogens (tertiary/aromatic N) is 2. The third-order valence-electron chi connectivity index (χ3n) is 5.35. The molecule has 2 N–H and O–H groups in total. The Bertz CT molecular complexity index is 1090. The molecule has 1 atom stereocenters. The van der Waals surface area contributed by atoms with Gasteiger partial charge in [-0.15, -0.1) is 0 Å². The number of phenolic OH excluding ortho intramolecular Hbond substituents is 1. The summed E-state index contributed by atoms with van der Waals surface area (Å²) in [5.41, 5.74) is 1.82. The molecule has 0 aliphatic carbocycles. The van der Waals surface area contributed by atoms with Gasteiger partial charge in [-0.1, -0.05) is 35.9 Å². The Morgan fingerprint density at radius 1 is 1.23 bits per heavy atom. The number of halogens is 2. The summed E-state index contributed by atoms with van der Waals surface area (Å²) >= 11 is 6.01. The number of hydrogen-bond acceptors (Lipinski definition) is 4. The molecule has 1 aromatic heterocycles. The zero-order valence-electron chi connectivity index (χ0n) is 16.1. The number of carboxylic acid groups (broad SMARTS) is 1. The molecule has 4 rings (SSSR count). The van der Waals surface area contributed by atoms with Crippen molar-refractivity contribution < 1.29 is 19.4 Å². The molecule has 2 heterocycles. The summed E-state index contributed by atoms with van der Waals surface area (Å²) in [5, 5.41) is 20.0. The lowest BCUT2D eigenvalue weighted by Gasteiger charge is -2.22. The van der Waals surface area contributed by atoms with Crippen molar-refractivity contribution in [1.29, 1.82) is 0 Å². The number of aromatic nitrogens is 1. The number of hydrogen-bond donors (Lipinski definition) is 2. The van der Waals surface area contributed by atoms with E-state index < -0.39 is 17.8 Å². The number of phenols is 1. The van der Waals surface area contributed by atoms with E-state index in [0.29, 0.717) is 34.9 Å². The molecule has 1 aliphatic rings. The van der Waals surface area contributed by atoms with Crippen molar-refractivity contribution in [2.45, 2.75) is 25.3 Å². The zero-order chi connectivity index (χ0) is 21.3. The summed E-state index contributed by atoms with van der Waals surface area (Å²) in [6.07, 6.45) is 3.34. The molecule has 2 aromatic carbocycles. The summed E-state index contributed by atoms with van der Waals surface area (Å²) in [4.78, 5) is 17.6. The Balaban J connectivity index is 1.59. The topological polar surface area (TPSA) is 73.7 Å². The Morgan fingerprint density at radius 3 is 2.77 bits per heavy atom. The summed E-state index contributed by atoms with van der Waals surface area (Å²) in [6.45, 7) is 0.652. The minimum Gasteiger partial charge on any atom is -0.507 e. The van der Waals surface area contributed by atoms with E-state index in [1.807, 2.05) is 6.07 Å². The van der Waals surface area contributed by atoms with Crippen LogP contribution < -0.4 is 4.90 Å². The molecular formula is C23H20ClFN2O3. The SMILES string of the molecule is O=C(O)C1CCCN1c1ccc(Cc2ccc(O)c(-c3cccc(Cl)c3)c2F)cn1. The maximum Gasteiger partial charge on any atom is 0.326 e. The average molecular weight is 427 g/mol. The van der Waals surface area contributed by atoms with E-state index in [2.05, 4.69) is 4.98 Å². The summed E-state index contributed by atoms with van der Waals surface area (Å²) < 4.78 is 15.2. The molecule has 0 saturated carbocycles. The first-order chi connectivity index (χ1) is 14.4. The number of carbonyl (C=O) groups is 1. The van der Waals surface area contributed by atoms with E-state index in [0.717, 1.165) is 12.0 Å². The van der Waals surface area contributed by atoms with Crippen molar-refractivity contribution >= 4 is 23.4 Å². The zero-order valence-corrected chi connectivity index (χ0v) is 16.8. The van der Waals surface area contributed by atoms with Crippen molar-refractivity contribution in [2.24, 2.45) is 0 Å². The molecule has 30 heavy (non-hydrogen) atoms. The van der Waals surface area contributed by atoms with Crippen molar-refractivity contribution in [3.8, 4) is 16.9 Å². The third kappa shape index (κ3) is 3.96. The largest absolute Gasteiger partial charge is 0.507 e. The fourth-order valence-electron chi connectivity index (χ4n) is 3.87. The van der Waals surface area contributed by atoms with E-state index in [4.69, 9.17) is 11.6 Å². The van der Waals surface area contributed by atoms with E-state index in [-0.39, 0.29) is 17.7 Å². The van der Waals surface area contributed by atoms with Crippen LogP contribution in [-0.2, 0) is 11.2 Å². The molecule has 0 bridgehead atoms. The molecule has 0 radical (unpaired) electrons. The van der Waals surface area contributed by atoms with E-state index in [9.17, 15) is 15.0 Å². The Labute approximate surface area is 178 Å². The van der Waals surface area contributed by atoms with Gasteiger partial charge in [0.05, 0.1) is 5.56 Å². The second-order valence-electron chi connectivity index (χ2n) is 7.33. The van der Waals surface area contributed by atoms with Gasteiger partial charge in [0.2, 0.25) is 0 Å². The molecule has 7 heteroatoms. The van der Waals surface area contributed by atoms with Crippen molar-refractivity contribution in [3.05, 3.63) is 76.7 Å². The highest BCUT2D eigenvalue weighted by atomic mass is 35.5. The lowest BCUT2D eigenvalue weighted by molar-refractivity contribution is -0.138. The van der Waals surface area contributed by atoms with Gasteiger partial charge in [0, 0.05) is 24.2 Å². The average Bonchev–Trinajstić information content (AvgIpc) is 3.21. The van der Waals surface area contributed by atoms with Gasteiger partial charge in [-0.05, 0) is 53.8 Å². The number of aromatic hydroxyl groups is 1. The maximum atomic E-state index is 15.2. The standard InChI is InChI=1S/C23H20ClFN2O3/c24-17-4-1-3-15(12-17)21-19(28)8-7-16(22(21)25)11-14-6-9-20(26-13-14)27-10-2-5-18(27)23(29)30/h1,3-4,6-9,12-13,18,28H,2,5,10-11H2,(H,29,30). The van der Waals surface area contributed by atoms with Gasteiger partial charge in [0.1, 0.15) is 23.4 Å². The smallest absolute Gasteiger partial charge is 0.326 e. The maximum absolute atomic E-state index is 15.2. The van der Waals surface area contributed by atoms with Crippen LogP contribution in [0.5, 0.6) is 5.75 Å². The third-order valence-corrected chi connectivity index (χ3v) is 5.58. The molecule has 1 aliphatic heterocycles. The van der Waals surface area contributed by atoms with Gasteiger partial charge in [-0.25, -0.2) is 14.2 Å². The molecule has 1 saturated heterocycles. The first kappa shape index (κ1) is 20.2. The normalized spacial score (nSPS) is 16.1. The van der Waals surface area contributed by atoms with Crippen LogP contribution in [0, 0.1) is 5.82 Å². The van der Waals surface area contributed by atoms with Crippen LogP contribution in [0.1, 0.15) is 24.0 Å². The number of rotatable bonds is 5.